The summed E-state index contributed by atoms with van der Waals surface area (Å²) >= 11 is 0. The Balaban J connectivity index is 2.33. The highest BCUT2D eigenvalue weighted by Gasteiger charge is 2.39. The number of nitrogens with two attached hydrogens (primary N) is 1. The van der Waals surface area contributed by atoms with Gasteiger partial charge in [-0.25, -0.2) is 4.98 Å². The van der Waals surface area contributed by atoms with Crippen LogP contribution in [-0.4, -0.2) is 40.4 Å². The first kappa shape index (κ1) is 15.8. The van der Waals surface area contributed by atoms with Gasteiger partial charge in [0.1, 0.15) is 12.0 Å². The number of anilines is 2. The van der Waals surface area contributed by atoms with Gasteiger partial charge in [-0.15, -0.1) is 0 Å². The van der Waals surface area contributed by atoms with Crippen molar-refractivity contribution in [1.82, 2.24) is 9.97 Å². The zero-order valence-corrected chi connectivity index (χ0v) is 13.8. The van der Waals surface area contributed by atoms with Crippen LogP contribution in [0.5, 0.6) is 5.88 Å². The van der Waals surface area contributed by atoms with Crippen LogP contribution in [0.25, 0.3) is 0 Å². The smallest absolute Gasteiger partial charge is 0.242 e. The SMILES string of the molecule is CC(C)Oc1ncnc(N2CC(C)(C)OC(C)(C)C2)c1N. The lowest BCUT2D eigenvalue weighted by Crippen LogP contribution is -2.57. The fraction of sp³-hybridized carbons (Fsp3) is 0.733. The van der Waals surface area contributed by atoms with E-state index in [1.54, 1.807) is 0 Å². The number of hydrogen-bond donors (Lipinski definition) is 1. The molecule has 0 atom stereocenters. The topological polar surface area (TPSA) is 73.5 Å². The lowest BCUT2D eigenvalue weighted by atomic mass is 9.99. The van der Waals surface area contributed by atoms with Crippen molar-refractivity contribution < 1.29 is 9.47 Å². The van der Waals surface area contributed by atoms with Crippen LogP contribution in [0.1, 0.15) is 41.5 Å². The Bertz CT molecular complexity index is 498. The van der Waals surface area contributed by atoms with Crippen LogP contribution in [0.3, 0.4) is 0 Å². The lowest BCUT2D eigenvalue weighted by molar-refractivity contribution is -0.133. The highest BCUT2D eigenvalue weighted by atomic mass is 16.5. The molecule has 21 heavy (non-hydrogen) atoms. The Kier molecular flexibility index (Phi) is 4.02. The summed E-state index contributed by atoms with van der Waals surface area (Å²) in [6.07, 6.45) is 1.52. The summed E-state index contributed by atoms with van der Waals surface area (Å²) in [6.45, 7) is 13.6. The number of morpholine rings is 1. The van der Waals surface area contributed by atoms with Crippen LogP contribution >= 0.6 is 0 Å². The molecule has 0 aliphatic carbocycles. The summed E-state index contributed by atoms with van der Waals surface area (Å²) in [5.41, 5.74) is 6.16. The molecule has 118 valence electrons. The van der Waals surface area contributed by atoms with Crippen molar-refractivity contribution in [2.24, 2.45) is 0 Å². The van der Waals surface area contributed by atoms with E-state index in [1.165, 1.54) is 6.33 Å². The third kappa shape index (κ3) is 3.75. The maximum Gasteiger partial charge on any atom is 0.242 e. The van der Waals surface area contributed by atoms with Gasteiger partial charge in [-0.1, -0.05) is 0 Å². The predicted octanol–water partition coefficient (Wildman–Crippen LogP) is 2.24. The third-order valence-corrected chi connectivity index (χ3v) is 3.17. The van der Waals surface area contributed by atoms with E-state index in [9.17, 15) is 0 Å². The van der Waals surface area contributed by atoms with Gasteiger partial charge in [0.2, 0.25) is 5.88 Å². The Morgan fingerprint density at radius 2 is 1.76 bits per heavy atom. The van der Waals surface area contributed by atoms with Gasteiger partial charge in [0, 0.05) is 13.1 Å². The Morgan fingerprint density at radius 1 is 1.19 bits per heavy atom. The maximum absolute atomic E-state index is 6.21. The normalized spacial score (nSPS) is 20.6. The van der Waals surface area contributed by atoms with Crippen LogP contribution < -0.4 is 15.4 Å². The van der Waals surface area contributed by atoms with Crippen molar-refractivity contribution in [3.63, 3.8) is 0 Å². The maximum atomic E-state index is 6.21. The van der Waals surface area contributed by atoms with Crippen molar-refractivity contribution >= 4 is 11.5 Å². The summed E-state index contributed by atoms with van der Waals surface area (Å²) in [4.78, 5) is 10.6. The van der Waals surface area contributed by atoms with E-state index in [0.29, 0.717) is 17.4 Å². The van der Waals surface area contributed by atoms with Crippen LogP contribution in [-0.2, 0) is 4.74 Å². The number of ether oxygens (including phenoxy) is 2. The van der Waals surface area contributed by atoms with E-state index in [2.05, 4.69) is 42.6 Å². The van der Waals surface area contributed by atoms with E-state index in [0.717, 1.165) is 13.1 Å². The van der Waals surface area contributed by atoms with E-state index in [4.69, 9.17) is 15.2 Å². The summed E-state index contributed by atoms with van der Waals surface area (Å²) in [5, 5.41) is 0. The molecule has 2 rings (SSSR count). The summed E-state index contributed by atoms with van der Waals surface area (Å²) in [5.74, 6) is 1.15. The Labute approximate surface area is 126 Å². The van der Waals surface area contributed by atoms with E-state index in [1.807, 2.05) is 13.8 Å². The van der Waals surface area contributed by atoms with Gasteiger partial charge in [0.15, 0.2) is 5.82 Å². The molecule has 1 saturated heterocycles. The van der Waals surface area contributed by atoms with Crippen LogP contribution in [0.15, 0.2) is 6.33 Å². The zero-order valence-electron chi connectivity index (χ0n) is 13.8. The minimum absolute atomic E-state index is 0.0209. The summed E-state index contributed by atoms with van der Waals surface area (Å²) in [6, 6.07) is 0. The van der Waals surface area contributed by atoms with Crippen molar-refractivity contribution in [2.45, 2.75) is 58.8 Å². The standard InChI is InChI=1S/C15H26N4O2/c1-10(2)20-13-11(16)12(17-9-18-13)19-7-14(3,4)21-15(5,6)8-19/h9-10H,7-8,16H2,1-6H3. The molecular formula is C15H26N4O2. The Morgan fingerprint density at radius 3 is 2.29 bits per heavy atom. The molecule has 1 aliphatic rings. The number of rotatable bonds is 3. The number of hydrogen-bond acceptors (Lipinski definition) is 6. The summed E-state index contributed by atoms with van der Waals surface area (Å²) < 4.78 is 11.7. The summed E-state index contributed by atoms with van der Waals surface area (Å²) in [7, 11) is 0. The van der Waals surface area contributed by atoms with Gasteiger partial charge in [0.25, 0.3) is 0 Å². The molecule has 1 aliphatic heterocycles. The molecule has 0 saturated carbocycles. The van der Waals surface area contributed by atoms with Crippen molar-refractivity contribution in [1.29, 1.82) is 0 Å². The fourth-order valence-electron chi connectivity index (χ4n) is 2.88. The molecule has 0 bridgehead atoms. The zero-order chi connectivity index (χ0) is 15.8. The lowest BCUT2D eigenvalue weighted by Gasteiger charge is -2.47. The first-order chi connectivity index (χ1) is 9.60. The first-order valence-corrected chi connectivity index (χ1v) is 7.32. The molecule has 0 amide bonds. The predicted molar refractivity (Wildman–Crippen MR) is 83.7 cm³/mol. The molecule has 6 heteroatoms. The first-order valence-electron chi connectivity index (χ1n) is 7.32. The van der Waals surface area contributed by atoms with Gasteiger partial charge in [-0.05, 0) is 41.5 Å². The molecule has 0 spiro atoms. The average Bonchev–Trinajstić information content (AvgIpc) is 2.27. The number of nitrogen functional groups attached to an aromatic ring is 1. The largest absolute Gasteiger partial charge is 0.473 e. The van der Waals surface area contributed by atoms with Crippen LogP contribution in [0, 0.1) is 0 Å². The molecule has 1 aromatic heterocycles. The second-order valence-corrected chi connectivity index (χ2v) is 7.06. The van der Waals surface area contributed by atoms with Gasteiger partial charge in [0.05, 0.1) is 17.3 Å². The van der Waals surface area contributed by atoms with E-state index in [-0.39, 0.29) is 17.3 Å². The molecule has 0 aromatic carbocycles. The second-order valence-electron chi connectivity index (χ2n) is 7.06. The van der Waals surface area contributed by atoms with Gasteiger partial charge < -0.3 is 20.1 Å². The third-order valence-electron chi connectivity index (χ3n) is 3.17. The van der Waals surface area contributed by atoms with Crippen LogP contribution in [0.4, 0.5) is 11.5 Å². The molecule has 1 aromatic rings. The van der Waals surface area contributed by atoms with E-state index < -0.39 is 0 Å². The molecule has 2 heterocycles. The van der Waals surface area contributed by atoms with E-state index >= 15 is 0 Å². The molecule has 2 N–H and O–H groups in total. The van der Waals surface area contributed by atoms with Gasteiger partial charge in [-0.3, -0.25) is 0 Å². The van der Waals surface area contributed by atoms with Crippen LogP contribution in [0.2, 0.25) is 0 Å². The monoisotopic (exact) mass is 294 g/mol. The molecule has 6 nitrogen and oxygen atoms in total. The minimum atomic E-state index is -0.266. The molecule has 0 unspecified atom stereocenters. The van der Waals surface area contributed by atoms with Crippen molar-refractivity contribution in [3.8, 4) is 5.88 Å². The fourth-order valence-corrected chi connectivity index (χ4v) is 2.88. The van der Waals surface area contributed by atoms with Crippen molar-refractivity contribution in [3.05, 3.63) is 6.33 Å². The minimum Gasteiger partial charge on any atom is -0.473 e. The number of nitrogens with zero attached hydrogens (tertiary/aromatic N) is 3. The quantitative estimate of drug-likeness (QED) is 0.921. The average molecular weight is 294 g/mol. The highest BCUT2D eigenvalue weighted by Crippen LogP contribution is 2.35. The van der Waals surface area contributed by atoms with Crippen molar-refractivity contribution in [2.75, 3.05) is 23.7 Å². The Hall–Kier alpha value is -1.56. The molecule has 1 fully saturated rings. The van der Waals surface area contributed by atoms with Gasteiger partial charge in [-0.2, -0.15) is 4.98 Å². The number of aromatic nitrogens is 2. The highest BCUT2D eigenvalue weighted by molar-refractivity contribution is 5.68. The van der Waals surface area contributed by atoms with Gasteiger partial charge >= 0.3 is 0 Å². The molecule has 0 radical (unpaired) electrons. The molecular weight excluding hydrogens is 268 g/mol. The second kappa shape index (κ2) is 5.33.